The monoisotopic (exact) mass is 185 g/mol. The van der Waals surface area contributed by atoms with E-state index in [1.807, 2.05) is 30.9 Å². The van der Waals surface area contributed by atoms with Crippen LogP contribution < -0.4 is 0 Å². The van der Waals surface area contributed by atoms with Gasteiger partial charge in [0.2, 0.25) is 0 Å². The molecule has 0 fully saturated rings. The molecule has 2 nitrogen and oxygen atoms in total. The van der Waals surface area contributed by atoms with Crippen molar-refractivity contribution in [1.29, 1.82) is 0 Å². The number of aliphatic hydroxyl groups excluding tert-OH is 1. The minimum atomic E-state index is -0.293. The minimum absolute atomic E-state index is 0.293. The average molecular weight is 185 g/mol. The van der Waals surface area contributed by atoms with Crippen molar-refractivity contribution < 1.29 is 5.11 Å². The summed E-state index contributed by atoms with van der Waals surface area (Å²) < 4.78 is 0. The molecule has 0 radical (unpaired) electrons. The Labute approximate surface area is 77.5 Å². The highest BCUT2D eigenvalue weighted by Crippen LogP contribution is 2.18. The summed E-state index contributed by atoms with van der Waals surface area (Å²) in [6.45, 7) is 0.928. The maximum Gasteiger partial charge on any atom is 0.0810 e. The second-order valence-corrected chi connectivity index (χ2v) is 3.94. The van der Waals surface area contributed by atoms with Crippen molar-refractivity contribution in [2.45, 2.75) is 12.5 Å². The summed E-state index contributed by atoms with van der Waals surface area (Å²) in [6, 6.07) is 1.98. The maximum absolute atomic E-state index is 9.64. The van der Waals surface area contributed by atoms with Crippen LogP contribution in [0, 0.1) is 0 Å². The van der Waals surface area contributed by atoms with Crippen LogP contribution in [0.25, 0.3) is 0 Å². The van der Waals surface area contributed by atoms with Crippen molar-refractivity contribution in [2.24, 2.45) is 0 Å². The van der Waals surface area contributed by atoms with Crippen molar-refractivity contribution in [3.63, 3.8) is 0 Å². The molecule has 1 rings (SSSR count). The van der Waals surface area contributed by atoms with Gasteiger partial charge in [0.1, 0.15) is 0 Å². The topological polar surface area (TPSA) is 23.5 Å². The quantitative estimate of drug-likeness (QED) is 0.772. The molecule has 0 amide bonds. The third kappa shape index (κ3) is 2.93. The lowest BCUT2D eigenvalue weighted by Crippen LogP contribution is -2.15. The molecule has 3 heteroatoms. The molecule has 0 bridgehead atoms. The number of hydrogen-bond acceptors (Lipinski definition) is 3. The van der Waals surface area contributed by atoms with Crippen LogP contribution in [0.5, 0.6) is 0 Å². The van der Waals surface area contributed by atoms with Crippen molar-refractivity contribution in [1.82, 2.24) is 4.90 Å². The molecule has 0 saturated carbocycles. The number of nitrogens with zero attached hydrogens (tertiary/aromatic N) is 1. The van der Waals surface area contributed by atoms with E-state index < -0.39 is 0 Å². The molecule has 0 aromatic carbocycles. The van der Waals surface area contributed by atoms with Crippen LogP contribution in [-0.4, -0.2) is 30.6 Å². The lowest BCUT2D eigenvalue weighted by molar-refractivity contribution is 0.154. The Hall–Kier alpha value is -0.380. The average Bonchev–Trinajstić information content (AvgIpc) is 2.51. The summed E-state index contributed by atoms with van der Waals surface area (Å²) in [6.07, 6.45) is 0.516. The van der Waals surface area contributed by atoms with E-state index in [4.69, 9.17) is 0 Å². The summed E-state index contributed by atoms with van der Waals surface area (Å²) in [5.74, 6) is 0. The summed E-state index contributed by atoms with van der Waals surface area (Å²) in [7, 11) is 4.03. The highest BCUT2D eigenvalue weighted by Gasteiger charge is 2.07. The van der Waals surface area contributed by atoms with E-state index >= 15 is 0 Å². The largest absolute Gasteiger partial charge is 0.388 e. The van der Waals surface area contributed by atoms with E-state index in [1.165, 1.54) is 0 Å². The molecule has 1 aromatic heterocycles. The predicted molar refractivity (Wildman–Crippen MR) is 52.4 cm³/mol. The van der Waals surface area contributed by atoms with Crippen molar-refractivity contribution in [2.75, 3.05) is 20.6 Å². The first kappa shape index (κ1) is 9.71. The predicted octanol–water partition coefficient (Wildman–Crippen LogP) is 1.73. The van der Waals surface area contributed by atoms with Gasteiger partial charge >= 0.3 is 0 Å². The standard InChI is InChI=1S/C9H15NOS/c1-10(2)5-3-9(11)8-4-6-12-7-8/h4,6-7,9,11H,3,5H2,1-2H3. The van der Waals surface area contributed by atoms with Crippen molar-refractivity contribution >= 4 is 11.3 Å². The summed E-state index contributed by atoms with van der Waals surface area (Å²) in [5.41, 5.74) is 1.04. The molecule has 1 heterocycles. The molecule has 0 aliphatic carbocycles. The Balaban J connectivity index is 2.34. The first-order valence-electron chi connectivity index (χ1n) is 4.05. The molecule has 68 valence electrons. The summed E-state index contributed by atoms with van der Waals surface area (Å²) >= 11 is 1.63. The van der Waals surface area contributed by atoms with E-state index in [0.29, 0.717) is 0 Å². The second kappa shape index (κ2) is 4.60. The Morgan fingerprint density at radius 3 is 2.83 bits per heavy atom. The van der Waals surface area contributed by atoms with Gasteiger partial charge in [-0.1, -0.05) is 0 Å². The Morgan fingerprint density at radius 2 is 2.33 bits per heavy atom. The van der Waals surface area contributed by atoms with E-state index in [1.54, 1.807) is 11.3 Å². The summed E-state index contributed by atoms with van der Waals surface area (Å²) in [5, 5.41) is 13.6. The fourth-order valence-corrected chi connectivity index (χ4v) is 1.72. The van der Waals surface area contributed by atoms with Gasteiger partial charge in [0, 0.05) is 6.54 Å². The highest BCUT2D eigenvalue weighted by atomic mass is 32.1. The summed E-state index contributed by atoms with van der Waals surface area (Å²) in [4.78, 5) is 2.08. The molecule has 1 unspecified atom stereocenters. The van der Waals surface area contributed by atoms with Crippen LogP contribution in [0.1, 0.15) is 18.1 Å². The normalized spacial score (nSPS) is 13.7. The van der Waals surface area contributed by atoms with Gasteiger partial charge in [-0.15, -0.1) is 0 Å². The molecule has 12 heavy (non-hydrogen) atoms. The van der Waals surface area contributed by atoms with Gasteiger partial charge in [-0.05, 0) is 42.9 Å². The zero-order valence-corrected chi connectivity index (χ0v) is 8.34. The van der Waals surface area contributed by atoms with Crippen LogP contribution in [0.15, 0.2) is 16.8 Å². The Bertz CT molecular complexity index is 208. The molecular weight excluding hydrogens is 170 g/mol. The fourth-order valence-electron chi connectivity index (χ4n) is 1.01. The van der Waals surface area contributed by atoms with Gasteiger partial charge in [-0.2, -0.15) is 11.3 Å². The van der Waals surface area contributed by atoms with Gasteiger partial charge in [-0.25, -0.2) is 0 Å². The molecular formula is C9H15NOS. The minimum Gasteiger partial charge on any atom is -0.388 e. The SMILES string of the molecule is CN(C)CCC(O)c1ccsc1. The third-order valence-corrected chi connectivity index (χ3v) is 2.48. The van der Waals surface area contributed by atoms with Gasteiger partial charge in [0.25, 0.3) is 0 Å². The second-order valence-electron chi connectivity index (χ2n) is 3.16. The van der Waals surface area contributed by atoms with Gasteiger partial charge in [-0.3, -0.25) is 0 Å². The van der Waals surface area contributed by atoms with E-state index in [9.17, 15) is 5.11 Å². The number of aliphatic hydroxyl groups is 1. The maximum atomic E-state index is 9.64. The first-order chi connectivity index (χ1) is 5.70. The third-order valence-electron chi connectivity index (χ3n) is 1.78. The highest BCUT2D eigenvalue weighted by molar-refractivity contribution is 7.07. The molecule has 0 aliphatic heterocycles. The van der Waals surface area contributed by atoms with Crippen LogP contribution >= 0.6 is 11.3 Å². The van der Waals surface area contributed by atoms with Crippen molar-refractivity contribution in [3.05, 3.63) is 22.4 Å². The molecule has 0 aliphatic rings. The number of thiophene rings is 1. The van der Waals surface area contributed by atoms with Crippen LogP contribution in [0.3, 0.4) is 0 Å². The van der Waals surface area contributed by atoms with Crippen LogP contribution in [-0.2, 0) is 0 Å². The molecule has 0 saturated heterocycles. The molecule has 1 aromatic rings. The van der Waals surface area contributed by atoms with Gasteiger partial charge in [0.05, 0.1) is 6.10 Å². The zero-order chi connectivity index (χ0) is 8.97. The lowest BCUT2D eigenvalue weighted by atomic mass is 10.1. The van der Waals surface area contributed by atoms with Gasteiger partial charge in [0.15, 0.2) is 0 Å². The Morgan fingerprint density at radius 1 is 1.58 bits per heavy atom. The smallest absolute Gasteiger partial charge is 0.0810 e. The molecule has 0 spiro atoms. The van der Waals surface area contributed by atoms with Crippen molar-refractivity contribution in [3.8, 4) is 0 Å². The van der Waals surface area contributed by atoms with E-state index in [2.05, 4.69) is 4.90 Å². The van der Waals surface area contributed by atoms with Crippen LogP contribution in [0.4, 0.5) is 0 Å². The molecule has 1 N–H and O–H groups in total. The van der Waals surface area contributed by atoms with Crippen LogP contribution in [0.2, 0.25) is 0 Å². The fraction of sp³-hybridized carbons (Fsp3) is 0.556. The van der Waals surface area contributed by atoms with E-state index in [0.717, 1.165) is 18.5 Å². The Kier molecular flexibility index (Phi) is 3.72. The number of rotatable bonds is 4. The lowest BCUT2D eigenvalue weighted by Gasteiger charge is -2.12. The first-order valence-corrected chi connectivity index (χ1v) is 4.99. The van der Waals surface area contributed by atoms with Gasteiger partial charge < -0.3 is 10.0 Å². The van der Waals surface area contributed by atoms with E-state index in [-0.39, 0.29) is 6.10 Å². The molecule has 1 atom stereocenters. The number of hydrogen-bond donors (Lipinski definition) is 1. The zero-order valence-electron chi connectivity index (χ0n) is 7.53.